The lowest BCUT2D eigenvalue weighted by Gasteiger charge is -2.49. The van der Waals surface area contributed by atoms with Gasteiger partial charge in [-0.25, -0.2) is 13.1 Å². The molecule has 0 aromatic heterocycles. The lowest BCUT2D eigenvalue weighted by Crippen LogP contribution is -2.56. The van der Waals surface area contributed by atoms with Gasteiger partial charge < -0.3 is 9.64 Å². The first-order valence-corrected chi connectivity index (χ1v) is 15.6. The summed E-state index contributed by atoms with van der Waals surface area (Å²) < 4.78 is 33.1. The number of nitrogens with one attached hydrogen (secondary N) is 1. The first-order chi connectivity index (χ1) is 18.4. The second-order valence-corrected chi connectivity index (χ2v) is 14.1. The van der Waals surface area contributed by atoms with Crippen LogP contribution in [0, 0.1) is 11.8 Å². The number of carbonyl (C=O) groups is 2. The first kappa shape index (κ1) is 29.8. The molecule has 1 heterocycles. The molecule has 5 atom stereocenters. The number of rotatable bonds is 10. The quantitative estimate of drug-likeness (QED) is 0.355. The molecule has 1 N–H and O–H groups in total. The van der Waals surface area contributed by atoms with E-state index in [2.05, 4.69) is 4.72 Å². The van der Waals surface area contributed by atoms with Gasteiger partial charge in [-0.3, -0.25) is 9.59 Å². The fourth-order valence-corrected chi connectivity index (χ4v) is 7.30. The third-order valence-electron chi connectivity index (χ3n) is 8.40. The molecule has 1 aliphatic heterocycles. The molecule has 2 aliphatic rings. The van der Waals surface area contributed by atoms with E-state index in [9.17, 15) is 18.0 Å². The van der Waals surface area contributed by atoms with Crippen molar-refractivity contribution in [3.8, 4) is 0 Å². The number of benzene rings is 2. The summed E-state index contributed by atoms with van der Waals surface area (Å²) in [6.45, 7) is 5.46. The molecule has 2 aromatic carbocycles. The highest BCUT2D eigenvalue weighted by molar-refractivity contribution is 7.91. The van der Waals surface area contributed by atoms with Crippen LogP contribution in [0.5, 0.6) is 0 Å². The zero-order chi connectivity index (χ0) is 28.5. The molecule has 10 heteroatoms. The van der Waals surface area contributed by atoms with Gasteiger partial charge in [-0.15, -0.1) is 0 Å². The highest BCUT2D eigenvalue weighted by atomic mass is 35.5. The van der Waals surface area contributed by atoms with Gasteiger partial charge in [0.25, 0.3) is 0 Å². The number of nitrogens with zero attached hydrogens (tertiary/aromatic N) is 1. The predicted octanol–water partition coefficient (Wildman–Crippen LogP) is 5.73. The van der Waals surface area contributed by atoms with Crippen molar-refractivity contribution in [2.75, 3.05) is 13.7 Å². The van der Waals surface area contributed by atoms with Crippen molar-refractivity contribution in [3.05, 3.63) is 69.7 Å². The van der Waals surface area contributed by atoms with Crippen molar-refractivity contribution >= 4 is 45.1 Å². The molecule has 0 spiro atoms. The number of esters is 1. The standard InChI is InChI=1S/C29H36Cl2N2O5S/c1-5-23(17-32-39(36,37)29(3)13-14-29)33-26(19-9-11-21(30)12-10-19)25(20-7-6-8-22(31)15-20)16-24(27(33)34)18(2)28(35)38-4/h6-12,15,18,23-26,32H,5,13-14,16-17H2,1-4H3/t18?,23-,24-,25+,26+/m0/s1. The van der Waals surface area contributed by atoms with Gasteiger partial charge in [0, 0.05) is 28.5 Å². The van der Waals surface area contributed by atoms with E-state index < -0.39 is 44.7 Å². The molecule has 1 unspecified atom stereocenters. The summed E-state index contributed by atoms with van der Waals surface area (Å²) in [7, 11) is -2.23. The van der Waals surface area contributed by atoms with Crippen molar-refractivity contribution in [1.82, 2.24) is 9.62 Å². The second kappa shape index (κ2) is 11.8. The highest BCUT2D eigenvalue weighted by Gasteiger charge is 2.51. The average molecular weight is 596 g/mol. The van der Waals surface area contributed by atoms with Crippen LogP contribution in [0.2, 0.25) is 10.0 Å². The van der Waals surface area contributed by atoms with Crippen LogP contribution in [0.4, 0.5) is 0 Å². The summed E-state index contributed by atoms with van der Waals surface area (Å²) in [5.74, 6) is -2.21. The molecule has 2 fully saturated rings. The molecule has 4 rings (SSSR count). The van der Waals surface area contributed by atoms with E-state index in [1.54, 1.807) is 36.9 Å². The van der Waals surface area contributed by atoms with E-state index >= 15 is 0 Å². The number of piperidine rings is 1. The molecule has 1 aliphatic carbocycles. The van der Waals surface area contributed by atoms with Crippen molar-refractivity contribution in [2.24, 2.45) is 11.8 Å². The Balaban J connectivity index is 1.82. The van der Waals surface area contributed by atoms with Gasteiger partial charge >= 0.3 is 5.97 Å². The normalized spacial score (nSPS) is 24.2. The van der Waals surface area contributed by atoms with Crippen molar-refractivity contribution in [3.63, 3.8) is 0 Å². The Morgan fingerprint density at radius 1 is 1.13 bits per heavy atom. The average Bonchev–Trinajstić information content (AvgIpc) is 3.68. The van der Waals surface area contributed by atoms with Crippen LogP contribution in [0.3, 0.4) is 0 Å². The predicted molar refractivity (Wildman–Crippen MR) is 153 cm³/mol. The molecule has 2 aromatic rings. The Hall–Kier alpha value is -2.13. The van der Waals surface area contributed by atoms with Crippen LogP contribution in [0.15, 0.2) is 48.5 Å². The Bertz CT molecular complexity index is 1310. The van der Waals surface area contributed by atoms with E-state index in [0.29, 0.717) is 35.7 Å². The maximum atomic E-state index is 14.3. The fourth-order valence-electron chi connectivity index (χ4n) is 5.57. The van der Waals surface area contributed by atoms with Crippen molar-refractivity contribution in [2.45, 2.75) is 69.2 Å². The molecule has 212 valence electrons. The van der Waals surface area contributed by atoms with E-state index in [4.69, 9.17) is 27.9 Å². The summed E-state index contributed by atoms with van der Waals surface area (Å²) >= 11 is 12.6. The fraction of sp³-hybridized carbons (Fsp3) is 0.517. The van der Waals surface area contributed by atoms with Crippen LogP contribution < -0.4 is 4.72 Å². The minimum Gasteiger partial charge on any atom is -0.469 e. The van der Waals surface area contributed by atoms with Gasteiger partial charge in [0.1, 0.15) is 0 Å². The van der Waals surface area contributed by atoms with Crippen LogP contribution in [0.1, 0.15) is 69.5 Å². The van der Waals surface area contributed by atoms with Gasteiger partial charge in [-0.1, -0.05) is 61.3 Å². The smallest absolute Gasteiger partial charge is 0.309 e. The van der Waals surface area contributed by atoms with Gasteiger partial charge in [0.15, 0.2) is 0 Å². The van der Waals surface area contributed by atoms with Crippen LogP contribution >= 0.6 is 23.2 Å². The monoisotopic (exact) mass is 594 g/mol. The number of carbonyl (C=O) groups excluding carboxylic acids is 2. The van der Waals surface area contributed by atoms with Crippen LogP contribution in [-0.4, -0.2) is 49.6 Å². The molecule has 0 bridgehead atoms. The van der Waals surface area contributed by atoms with Crippen molar-refractivity contribution in [1.29, 1.82) is 0 Å². The van der Waals surface area contributed by atoms with Gasteiger partial charge in [-0.2, -0.15) is 0 Å². The minimum absolute atomic E-state index is 0.0752. The molecule has 1 saturated heterocycles. The number of hydrogen-bond donors (Lipinski definition) is 1. The summed E-state index contributed by atoms with van der Waals surface area (Å²) in [5.41, 5.74) is 1.81. The second-order valence-electron chi connectivity index (χ2n) is 10.9. The van der Waals surface area contributed by atoms with Gasteiger partial charge in [0.2, 0.25) is 15.9 Å². The van der Waals surface area contributed by atoms with E-state index in [1.165, 1.54) is 7.11 Å². The summed E-state index contributed by atoms with van der Waals surface area (Å²) in [4.78, 5) is 28.7. The number of hydrogen-bond acceptors (Lipinski definition) is 5. The number of likely N-dealkylation sites (tertiary alicyclic amines) is 1. The largest absolute Gasteiger partial charge is 0.469 e. The Kier molecular flexibility index (Phi) is 9.01. The minimum atomic E-state index is -3.55. The maximum absolute atomic E-state index is 14.3. The SMILES string of the molecule is CC[C@@H](CNS(=O)(=O)C1(C)CC1)N1C(=O)[C@H](C(C)C(=O)OC)C[C@H](c2cccc(Cl)c2)[C@H]1c1ccc(Cl)cc1. The maximum Gasteiger partial charge on any atom is 0.309 e. The lowest BCUT2D eigenvalue weighted by atomic mass is 9.71. The molecule has 39 heavy (non-hydrogen) atoms. The lowest BCUT2D eigenvalue weighted by molar-refractivity contribution is -0.158. The summed E-state index contributed by atoms with van der Waals surface area (Å²) in [6.07, 6.45) is 2.14. The topological polar surface area (TPSA) is 92.8 Å². The van der Waals surface area contributed by atoms with Gasteiger partial charge in [-0.05, 0) is 68.0 Å². The Morgan fingerprint density at radius 2 is 1.79 bits per heavy atom. The molecule has 1 amide bonds. The Labute approximate surface area is 241 Å². The third kappa shape index (κ3) is 6.14. The Morgan fingerprint density at radius 3 is 2.36 bits per heavy atom. The number of sulfonamides is 1. The molecular formula is C29H36Cl2N2O5S. The summed E-state index contributed by atoms with van der Waals surface area (Å²) in [5, 5.41) is 1.14. The molecule has 7 nitrogen and oxygen atoms in total. The number of amides is 1. The third-order valence-corrected chi connectivity index (χ3v) is 11.1. The van der Waals surface area contributed by atoms with E-state index in [-0.39, 0.29) is 18.4 Å². The van der Waals surface area contributed by atoms with E-state index in [0.717, 1.165) is 11.1 Å². The first-order valence-electron chi connectivity index (χ1n) is 13.3. The zero-order valence-electron chi connectivity index (χ0n) is 22.7. The number of halogens is 2. The van der Waals surface area contributed by atoms with Crippen molar-refractivity contribution < 1.29 is 22.7 Å². The number of ether oxygens (including phenoxy) is 1. The summed E-state index contributed by atoms with van der Waals surface area (Å²) in [6, 6.07) is 14.0. The molecular weight excluding hydrogens is 559 g/mol. The highest BCUT2D eigenvalue weighted by Crippen LogP contribution is 2.49. The number of methoxy groups -OCH3 is 1. The van der Waals surface area contributed by atoms with E-state index in [1.807, 2.05) is 37.3 Å². The molecule has 1 saturated carbocycles. The van der Waals surface area contributed by atoms with Crippen LogP contribution in [-0.2, 0) is 24.3 Å². The molecule has 0 radical (unpaired) electrons. The van der Waals surface area contributed by atoms with Crippen LogP contribution in [0.25, 0.3) is 0 Å². The zero-order valence-corrected chi connectivity index (χ0v) is 25.0. The van der Waals surface area contributed by atoms with Gasteiger partial charge in [0.05, 0.1) is 29.7 Å².